The van der Waals surface area contributed by atoms with E-state index in [1.165, 1.54) is 43.5 Å². The second kappa shape index (κ2) is 17.5. The first-order valence-electron chi connectivity index (χ1n) is 19.3. The standard InChI is InChI=1S/C41H62ClFN4O4S/c1-28(33-21-29-11-8-9-12-30(19-29)22-33)44-40(48)37-17-18-52(49,50)47(37)25-32-14-10-13-31(20-32)24-46(34(26-45(5)6)23-41(2,3)4)27-35-36(42)15-16-38(51-7)39(35)43/h10,13-16,20,28-30,33-34,37H,8-9,11-12,17-19,21-27H2,1-7H3,(H,44,48)/t28?,29?,30?,33?,34-,37?/m0/s1. The number of carbonyl (C=O) groups excluding carboxylic acids is 1. The van der Waals surface area contributed by atoms with Gasteiger partial charge < -0.3 is 15.0 Å². The lowest BCUT2D eigenvalue weighted by atomic mass is 9.72. The minimum Gasteiger partial charge on any atom is -0.494 e. The van der Waals surface area contributed by atoms with E-state index in [1.807, 2.05) is 38.4 Å². The number of sulfonamides is 1. The van der Waals surface area contributed by atoms with Crippen molar-refractivity contribution in [2.45, 2.75) is 123 Å². The molecule has 1 heterocycles. The van der Waals surface area contributed by atoms with Crippen LogP contribution < -0.4 is 10.1 Å². The maximum atomic E-state index is 15.7. The van der Waals surface area contributed by atoms with E-state index < -0.39 is 21.9 Å². The molecule has 3 fully saturated rings. The Bertz CT molecular complexity index is 1620. The molecular formula is C41H62ClFN4O4S. The van der Waals surface area contributed by atoms with Crippen LogP contribution in [0.25, 0.3) is 0 Å². The summed E-state index contributed by atoms with van der Waals surface area (Å²) in [6.07, 6.45) is 9.97. The number of nitrogens with zero attached hydrogens (tertiary/aromatic N) is 3. The predicted molar refractivity (Wildman–Crippen MR) is 208 cm³/mol. The number of likely N-dealkylation sites (N-methyl/N-ethyl adjacent to an activating group) is 1. The van der Waals surface area contributed by atoms with Gasteiger partial charge in [0, 0.05) is 48.8 Å². The Morgan fingerprint density at radius 2 is 1.71 bits per heavy atom. The molecule has 2 aliphatic carbocycles. The Labute approximate surface area is 317 Å². The van der Waals surface area contributed by atoms with Gasteiger partial charge in [-0.2, -0.15) is 4.31 Å². The van der Waals surface area contributed by atoms with Crippen LogP contribution in [0.3, 0.4) is 0 Å². The summed E-state index contributed by atoms with van der Waals surface area (Å²) in [7, 11) is 1.92. The van der Waals surface area contributed by atoms with Crippen LogP contribution in [0, 0.1) is 29.0 Å². The van der Waals surface area contributed by atoms with Crippen LogP contribution in [-0.2, 0) is 34.5 Å². The van der Waals surface area contributed by atoms with Crippen LogP contribution in [0.2, 0.25) is 5.02 Å². The second-order valence-corrected chi connectivity index (χ2v) is 19.8. The quantitative estimate of drug-likeness (QED) is 0.211. The minimum absolute atomic E-state index is 0.00385. The summed E-state index contributed by atoms with van der Waals surface area (Å²) in [6.45, 7) is 10.4. The van der Waals surface area contributed by atoms with Gasteiger partial charge in [-0.25, -0.2) is 12.8 Å². The number of ether oxygens (including phenoxy) is 1. The smallest absolute Gasteiger partial charge is 0.238 e. The molecule has 0 radical (unpaired) electrons. The summed E-state index contributed by atoms with van der Waals surface area (Å²) in [5, 5.41) is 3.62. The Morgan fingerprint density at radius 1 is 1.04 bits per heavy atom. The molecule has 11 heteroatoms. The normalized spacial score (nSPS) is 24.8. The van der Waals surface area contributed by atoms with Gasteiger partial charge in [-0.3, -0.25) is 9.69 Å². The van der Waals surface area contributed by atoms with Gasteiger partial charge in [-0.1, -0.05) is 82.3 Å². The molecule has 4 unspecified atom stereocenters. The Kier molecular flexibility index (Phi) is 13.8. The third-order valence-electron chi connectivity index (χ3n) is 11.5. The van der Waals surface area contributed by atoms with Gasteiger partial charge in [0.1, 0.15) is 6.04 Å². The molecule has 2 saturated carbocycles. The monoisotopic (exact) mass is 760 g/mol. The number of halogens is 2. The summed E-state index contributed by atoms with van der Waals surface area (Å²) in [5.74, 6) is 1.39. The number of methoxy groups -OCH3 is 1. The molecule has 1 amide bonds. The van der Waals surface area contributed by atoms with Gasteiger partial charge in [0.15, 0.2) is 11.6 Å². The summed E-state index contributed by atoms with van der Waals surface area (Å²) in [6, 6.07) is 10.5. The molecule has 0 spiro atoms. The molecule has 52 heavy (non-hydrogen) atoms. The molecule has 2 aromatic carbocycles. The molecule has 290 valence electrons. The van der Waals surface area contributed by atoms with E-state index in [9.17, 15) is 13.2 Å². The lowest BCUT2D eigenvalue weighted by molar-refractivity contribution is -0.125. The van der Waals surface area contributed by atoms with Gasteiger partial charge >= 0.3 is 0 Å². The first kappa shape index (κ1) is 40.9. The van der Waals surface area contributed by atoms with Crippen molar-refractivity contribution in [2.24, 2.45) is 23.2 Å². The van der Waals surface area contributed by atoms with E-state index in [0.717, 1.165) is 48.8 Å². The van der Waals surface area contributed by atoms with E-state index >= 15 is 4.39 Å². The second-order valence-electron chi connectivity index (χ2n) is 17.4. The number of amides is 1. The average molecular weight is 761 g/mol. The lowest BCUT2D eigenvalue weighted by Gasteiger charge is -2.38. The molecule has 1 saturated heterocycles. The van der Waals surface area contributed by atoms with Crippen LogP contribution in [0.1, 0.15) is 102 Å². The van der Waals surface area contributed by atoms with Gasteiger partial charge in [-0.05, 0) is 99.6 Å². The van der Waals surface area contributed by atoms with Crippen molar-refractivity contribution in [1.82, 2.24) is 19.4 Å². The number of fused-ring (bicyclic) bond motifs is 2. The summed E-state index contributed by atoms with van der Waals surface area (Å²) < 4.78 is 49.2. The van der Waals surface area contributed by atoms with Crippen LogP contribution in [0.5, 0.6) is 5.75 Å². The number of hydrogen-bond donors (Lipinski definition) is 1. The van der Waals surface area contributed by atoms with Gasteiger partial charge in [-0.15, -0.1) is 0 Å². The third-order valence-corrected chi connectivity index (χ3v) is 13.7. The first-order chi connectivity index (χ1) is 24.5. The van der Waals surface area contributed by atoms with Gasteiger partial charge in [0.05, 0.1) is 12.9 Å². The first-order valence-corrected chi connectivity index (χ1v) is 21.3. The molecule has 2 bridgehead atoms. The van der Waals surface area contributed by atoms with E-state index in [0.29, 0.717) is 23.0 Å². The van der Waals surface area contributed by atoms with Crippen molar-refractivity contribution in [1.29, 1.82) is 0 Å². The minimum atomic E-state index is -3.61. The fourth-order valence-electron chi connectivity index (χ4n) is 9.06. The molecule has 3 aliphatic rings. The molecule has 5 rings (SSSR count). The van der Waals surface area contributed by atoms with Crippen molar-refractivity contribution >= 4 is 27.5 Å². The molecule has 5 atom stereocenters. The average Bonchev–Trinajstić information content (AvgIpc) is 3.25. The zero-order chi connectivity index (χ0) is 37.8. The SMILES string of the molecule is COc1ccc(Cl)c(CN(Cc2cccc(CN3C(C(=O)NC(C)C4CC5CCCCC(C5)C4)CCS3(=O)=O)c2)[C@H](CN(C)C)CC(C)(C)C)c1F. The highest BCUT2D eigenvalue weighted by Crippen LogP contribution is 2.42. The van der Waals surface area contributed by atoms with Crippen LogP contribution in [0.4, 0.5) is 4.39 Å². The largest absolute Gasteiger partial charge is 0.494 e. The number of benzene rings is 2. The molecule has 1 N–H and O–H groups in total. The predicted octanol–water partition coefficient (Wildman–Crippen LogP) is 7.87. The lowest BCUT2D eigenvalue weighted by Crippen LogP contribution is -2.49. The van der Waals surface area contributed by atoms with E-state index in [4.69, 9.17) is 16.3 Å². The van der Waals surface area contributed by atoms with E-state index in [2.05, 4.69) is 42.8 Å². The number of nitrogens with one attached hydrogen (secondary N) is 1. The van der Waals surface area contributed by atoms with Crippen LogP contribution >= 0.6 is 11.6 Å². The van der Waals surface area contributed by atoms with Crippen molar-refractivity contribution < 1.29 is 22.3 Å². The Balaban J connectivity index is 1.35. The summed E-state index contributed by atoms with van der Waals surface area (Å²) >= 11 is 6.61. The van der Waals surface area contributed by atoms with Gasteiger partial charge in [0.2, 0.25) is 15.9 Å². The van der Waals surface area contributed by atoms with Crippen molar-refractivity contribution in [3.05, 3.63) is 63.9 Å². The summed E-state index contributed by atoms with van der Waals surface area (Å²) in [5.41, 5.74) is 2.17. The number of rotatable bonds is 14. The van der Waals surface area contributed by atoms with Crippen LogP contribution in [-0.4, -0.2) is 80.1 Å². The van der Waals surface area contributed by atoms with E-state index in [-0.39, 0.29) is 54.4 Å². The zero-order valence-electron chi connectivity index (χ0n) is 32.5. The van der Waals surface area contributed by atoms with Crippen molar-refractivity contribution in [2.75, 3.05) is 33.5 Å². The highest BCUT2D eigenvalue weighted by molar-refractivity contribution is 7.89. The fraction of sp³-hybridized carbons (Fsp3) is 0.683. The van der Waals surface area contributed by atoms with E-state index in [1.54, 1.807) is 12.1 Å². The molecule has 1 aliphatic heterocycles. The third kappa shape index (κ3) is 10.7. The zero-order valence-corrected chi connectivity index (χ0v) is 34.0. The molecular weight excluding hydrogens is 699 g/mol. The van der Waals surface area contributed by atoms with Gasteiger partial charge in [0.25, 0.3) is 0 Å². The number of hydrogen-bond acceptors (Lipinski definition) is 6. The van der Waals surface area contributed by atoms with Crippen molar-refractivity contribution in [3.8, 4) is 5.75 Å². The molecule has 8 nitrogen and oxygen atoms in total. The fourth-order valence-corrected chi connectivity index (χ4v) is 11.0. The summed E-state index contributed by atoms with van der Waals surface area (Å²) in [4.78, 5) is 18.2. The molecule has 0 aromatic heterocycles. The maximum Gasteiger partial charge on any atom is 0.238 e. The maximum absolute atomic E-state index is 15.7. The highest BCUT2D eigenvalue weighted by atomic mass is 35.5. The topological polar surface area (TPSA) is 82.2 Å². The highest BCUT2D eigenvalue weighted by Gasteiger charge is 2.43. The van der Waals surface area contributed by atoms with Crippen molar-refractivity contribution in [3.63, 3.8) is 0 Å². The Morgan fingerprint density at radius 3 is 2.35 bits per heavy atom. The Hall–Kier alpha value is -2.24. The number of carbonyl (C=O) groups is 1. The van der Waals surface area contributed by atoms with Crippen LogP contribution in [0.15, 0.2) is 36.4 Å². The molecule has 2 aromatic rings.